The third-order valence-electron chi connectivity index (χ3n) is 2.96. The molecule has 0 amide bonds. The Morgan fingerprint density at radius 2 is 1.83 bits per heavy atom. The SMILES string of the molecule is COc1cc(C2COC(=O)C2O)cc(OC)c1O. The number of carbonyl (C=O) groups excluding carboxylic acids is 1. The lowest BCUT2D eigenvalue weighted by molar-refractivity contribution is -0.144. The predicted octanol–water partition coefficient (Wildman–Crippen LogP) is 0.411. The molecule has 1 heterocycles. The minimum atomic E-state index is -1.20. The summed E-state index contributed by atoms with van der Waals surface area (Å²) in [6.45, 7) is 0.0943. The van der Waals surface area contributed by atoms with Gasteiger partial charge in [0.25, 0.3) is 0 Å². The number of benzene rings is 1. The Labute approximate surface area is 104 Å². The predicted molar refractivity (Wildman–Crippen MR) is 60.9 cm³/mol. The maximum absolute atomic E-state index is 11.1. The Balaban J connectivity index is 2.42. The van der Waals surface area contributed by atoms with Gasteiger partial charge in [-0.25, -0.2) is 4.79 Å². The van der Waals surface area contributed by atoms with Crippen molar-refractivity contribution in [3.05, 3.63) is 17.7 Å². The number of methoxy groups -OCH3 is 2. The first-order chi connectivity index (χ1) is 8.58. The Hall–Kier alpha value is -1.95. The number of aliphatic hydroxyl groups is 1. The number of rotatable bonds is 3. The molecule has 0 aromatic heterocycles. The molecule has 0 aliphatic carbocycles. The third-order valence-corrected chi connectivity index (χ3v) is 2.96. The molecule has 2 rings (SSSR count). The summed E-state index contributed by atoms with van der Waals surface area (Å²) in [5.74, 6) is -0.817. The molecular weight excluding hydrogens is 240 g/mol. The minimum Gasteiger partial charge on any atom is -0.502 e. The van der Waals surface area contributed by atoms with Gasteiger partial charge in [-0.1, -0.05) is 0 Å². The first kappa shape index (κ1) is 12.5. The number of carbonyl (C=O) groups is 1. The molecule has 2 unspecified atom stereocenters. The van der Waals surface area contributed by atoms with E-state index in [-0.39, 0.29) is 23.9 Å². The van der Waals surface area contributed by atoms with E-state index in [9.17, 15) is 15.0 Å². The average Bonchev–Trinajstić information content (AvgIpc) is 2.70. The van der Waals surface area contributed by atoms with Crippen molar-refractivity contribution in [2.24, 2.45) is 0 Å². The van der Waals surface area contributed by atoms with Crippen LogP contribution in [0.1, 0.15) is 11.5 Å². The Morgan fingerprint density at radius 3 is 2.22 bits per heavy atom. The maximum atomic E-state index is 11.1. The molecule has 2 atom stereocenters. The minimum absolute atomic E-state index is 0.0943. The number of phenols is 1. The molecular formula is C12H14O6. The number of aliphatic hydroxyl groups excluding tert-OH is 1. The fraction of sp³-hybridized carbons (Fsp3) is 0.417. The smallest absolute Gasteiger partial charge is 0.335 e. The first-order valence-corrected chi connectivity index (χ1v) is 5.38. The van der Waals surface area contributed by atoms with Gasteiger partial charge in [-0.15, -0.1) is 0 Å². The fourth-order valence-electron chi connectivity index (χ4n) is 1.92. The molecule has 6 heteroatoms. The number of aromatic hydroxyl groups is 1. The molecule has 0 radical (unpaired) electrons. The van der Waals surface area contributed by atoms with Crippen LogP contribution < -0.4 is 9.47 Å². The van der Waals surface area contributed by atoms with E-state index in [2.05, 4.69) is 0 Å². The van der Waals surface area contributed by atoms with E-state index < -0.39 is 18.0 Å². The lowest BCUT2D eigenvalue weighted by Crippen LogP contribution is -2.20. The topological polar surface area (TPSA) is 85.2 Å². The molecule has 18 heavy (non-hydrogen) atoms. The molecule has 1 saturated heterocycles. The van der Waals surface area contributed by atoms with Gasteiger partial charge in [0.1, 0.15) is 6.61 Å². The summed E-state index contributed by atoms with van der Waals surface area (Å²) in [6, 6.07) is 3.10. The van der Waals surface area contributed by atoms with Crippen LogP contribution >= 0.6 is 0 Å². The van der Waals surface area contributed by atoms with Crippen molar-refractivity contribution in [3.8, 4) is 17.2 Å². The van der Waals surface area contributed by atoms with Crippen LogP contribution in [0.25, 0.3) is 0 Å². The fourth-order valence-corrected chi connectivity index (χ4v) is 1.92. The van der Waals surface area contributed by atoms with Crippen LogP contribution in [0.2, 0.25) is 0 Å². The molecule has 1 aromatic carbocycles. The third kappa shape index (κ3) is 1.95. The number of ether oxygens (including phenoxy) is 3. The molecule has 0 saturated carbocycles. The van der Waals surface area contributed by atoms with Gasteiger partial charge >= 0.3 is 5.97 Å². The summed E-state index contributed by atoms with van der Waals surface area (Å²) >= 11 is 0. The van der Waals surface area contributed by atoms with Gasteiger partial charge in [-0.2, -0.15) is 0 Å². The van der Waals surface area contributed by atoms with E-state index in [1.165, 1.54) is 14.2 Å². The highest BCUT2D eigenvalue weighted by Gasteiger charge is 2.37. The van der Waals surface area contributed by atoms with Crippen molar-refractivity contribution in [1.29, 1.82) is 0 Å². The van der Waals surface area contributed by atoms with Gasteiger partial charge in [0.05, 0.1) is 20.1 Å². The molecule has 1 aromatic rings. The standard InChI is InChI=1S/C12H14O6/c1-16-8-3-6(4-9(17-2)11(8)14)7-5-18-12(15)10(7)13/h3-4,7,10,13-14H,5H2,1-2H3. The summed E-state index contributed by atoms with van der Waals surface area (Å²) in [7, 11) is 2.82. The van der Waals surface area contributed by atoms with Crippen LogP contribution in [0.5, 0.6) is 17.2 Å². The monoisotopic (exact) mass is 254 g/mol. The zero-order chi connectivity index (χ0) is 13.3. The highest BCUT2D eigenvalue weighted by atomic mass is 16.6. The summed E-state index contributed by atoms with van der Waals surface area (Å²) in [5, 5.41) is 19.5. The first-order valence-electron chi connectivity index (χ1n) is 5.38. The van der Waals surface area contributed by atoms with Crippen LogP contribution in [0.4, 0.5) is 0 Å². The zero-order valence-electron chi connectivity index (χ0n) is 10.0. The molecule has 0 spiro atoms. The average molecular weight is 254 g/mol. The zero-order valence-corrected chi connectivity index (χ0v) is 10.0. The molecule has 6 nitrogen and oxygen atoms in total. The summed E-state index contributed by atoms with van der Waals surface area (Å²) in [6.07, 6.45) is -1.20. The summed E-state index contributed by atoms with van der Waals surface area (Å²) < 4.78 is 14.8. The second-order valence-corrected chi connectivity index (χ2v) is 3.96. The van der Waals surface area contributed by atoms with Crippen molar-refractivity contribution in [2.75, 3.05) is 20.8 Å². The molecule has 1 fully saturated rings. The second-order valence-electron chi connectivity index (χ2n) is 3.96. The van der Waals surface area contributed by atoms with Crippen molar-refractivity contribution in [3.63, 3.8) is 0 Å². The molecule has 98 valence electrons. The van der Waals surface area contributed by atoms with Crippen molar-refractivity contribution in [2.45, 2.75) is 12.0 Å². The Bertz CT molecular complexity index is 445. The summed E-state index contributed by atoms with van der Waals surface area (Å²) in [4.78, 5) is 11.1. The largest absolute Gasteiger partial charge is 0.502 e. The second kappa shape index (κ2) is 4.73. The van der Waals surface area contributed by atoms with E-state index in [0.717, 1.165) is 0 Å². The van der Waals surface area contributed by atoms with Gasteiger partial charge in [0, 0.05) is 0 Å². The number of hydrogen-bond acceptors (Lipinski definition) is 6. The number of hydrogen-bond donors (Lipinski definition) is 2. The van der Waals surface area contributed by atoms with E-state index in [1.807, 2.05) is 0 Å². The van der Waals surface area contributed by atoms with Crippen molar-refractivity contribution < 1.29 is 29.2 Å². The van der Waals surface area contributed by atoms with Gasteiger partial charge in [0.15, 0.2) is 17.6 Å². The normalized spacial score (nSPS) is 22.7. The number of cyclic esters (lactones) is 1. The van der Waals surface area contributed by atoms with Crippen LogP contribution in [0.3, 0.4) is 0 Å². The van der Waals surface area contributed by atoms with E-state index in [0.29, 0.717) is 5.56 Å². The number of esters is 1. The Kier molecular flexibility index (Phi) is 3.29. The maximum Gasteiger partial charge on any atom is 0.335 e. The van der Waals surface area contributed by atoms with E-state index in [4.69, 9.17) is 14.2 Å². The van der Waals surface area contributed by atoms with Crippen molar-refractivity contribution in [1.82, 2.24) is 0 Å². The quantitative estimate of drug-likeness (QED) is 0.760. The van der Waals surface area contributed by atoms with Crippen LogP contribution in [-0.4, -0.2) is 43.1 Å². The molecule has 0 bridgehead atoms. The van der Waals surface area contributed by atoms with E-state index in [1.54, 1.807) is 12.1 Å². The molecule has 2 N–H and O–H groups in total. The highest BCUT2D eigenvalue weighted by molar-refractivity contribution is 5.78. The van der Waals surface area contributed by atoms with Gasteiger partial charge in [-0.05, 0) is 17.7 Å². The van der Waals surface area contributed by atoms with E-state index >= 15 is 0 Å². The Morgan fingerprint density at radius 1 is 1.28 bits per heavy atom. The van der Waals surface area contributed by atoms with Crippen LogP contribution in [0, 0.1) is 0 Å². The van der Waals surface area contributed by atoms with Crippen molar-refractivity contribution >= 4 is 5.97 Å². The van der Waals surface area contributed by atoms with Gasteiger partial charge < -0.3 is 24.4 Å². The van der Waals surface area contributed by atoms with Gasteiger partial charge in [0.2, 0.25) is 5.75 Å². The molecule has 1 aliphatic heterocycles. The van der Waals surface area contributed by atoms with Gasteiger partial charge in [-0.3, -0.25) is 0 Å². The molecule has 1 aliphatic rings. The highest BCUT2D eigenvalue weighted by Crippen LogP contribution is 2.40. The number of phenolic OH excluding ortho intramolecular Hbond substituents is 1. The lowest BCUT2D eigenvalue weighted by atomic mass is 9.95. The van der Waals surface area contributed by atoms with Crippen LogP contribution in [0.15, 0.2) is 12.1 Å². The van der Waals surface area contributed by atoms with Crippen LogP contribution in [-0.2, 0) is 9.53 Å². The lowest BCUT2D eigenvalue weighted by Gasteiger charge is -2.15. The summed E-state index contributed by atoms with van der Waals surface area (Å²) in [5.41, 5.74) is 0.611.